The molecule has 136 valence electrons. The van der Waals surface area contributed by atoms with Crippen LogP contribution in [0.5, 0.6) is 0 Å². The molecule has 3 heterocycles. The van der Waals surface area contributed by atoms with Gasteiger partial charge in [-0.05, 0) is 48.0 Å². The van der Waals surface area contributed by atoms with Gasteiger partial charge in [0.05, 0.1) is 16.6 Å². The van der Waals surface area contributed by atoms with Crippen LogP contribution in [0, 0.1) is 0 Å². The predicted octanol–water partition coefficient (Wildman–Crippen LogP) is 3.22. The summed E-state index contributed by atoms with van der Waals surface area (Å²) in [5.41, 5.74) is 2.71. The first-order valence-electron chi connectivity index (χ1n) is 8.69. The lowest BCUT2D eigenvalue weighted by molar-refractivity contribution is 0.449. The zero-order valence-corrected chi connectivity index (χ0v) is 15.2. The van der Waals surface area contributed by atoms with E-state index >= 15 is 0 Å². The molecule has 4 aromatic rings. The molecular weight excluding hydrogens is 362 g/mol. The van der Waals surface area contributed by atoms with Gasteiger partial charge < -0.3 is 9.73 Å². The molecule has 5 rings (SSSR count). The number of hydrogen-bond acceptors (Lipinski definition) is 5. The Kier molecular flexibility index (Phi) is 3.66. The fraction of sp³-hybridized carbons (Fsp3) is 0.150. The van der Waals surface area contributed by atoms with E-state index in [0.29, 0.717) is 17.2 Å². The van der Waals surface area contributed by atoms with Crippen LogP contribution in [0.25, 0.3) is 22.2 Å². The summed E-state index contributed by atoms with van der Waals surface area (Å²) in [7, 11) is -3.67. The molecular formula is C20H17N3O3S. The molecule has 1 fully saturated rings. The zero-order valence-electron chi connectivity index (χ0n) is 14.4. The van der Waals surface area contributed by atoms with E-state index in [2.05, 4.69) is 16.4 Å². The van der Waals surface area contributed by atoms with E-state index in [-0.39, 0.29) is 4.90 Å². The number of oxazole rings is 1. The van der Waals surface area contributed by atoms with Gasteiger partial charge in [0.1, 0.15) is 0 Å². The third-order valence-electron chi connectivity index (χ3n) is 5.06. The van der Waals surface area contributed by atoms with Crippen LogP contribution in [0.2, 0.25) is 0 Å². The van der Waals surface area contributed by atoms with Gasteiger partial charge in [0, 0.05) is 36.2 Å². The summed E-state index contributed by atoms with van der Waals surface area (Å²) < 4.78 is 32.8. The standard InChI is InChI=1S/C20H17N3O3S/c24-27(25,18-4-1-14(2-5-18)20-12-22-13-26-20)23-8-7-16-9-15(3-6-19(16)23)17-10-21-11-17/h1-9,12-13,17,21H,10-11H2. The highest BCUT2D eigenvalue weighted by Gasteiger charge is 2.22. The van der Waals surface area contributed by atoms with Crippen LogP contribution in [0.1, 0.15) is 11.5 Å². The van der Waals surface area contributed by atoms with Crippen LogP contribution in [-0.2, 0) is 10.0 Å². The molecule has 0 saturated carbocycles. The number of fused-ring (bicyclic) bond motifs is 1. The number of hydrogen-bond donors (Lipinski definition) is 1. The van der Waals surface area contributed by atoms with E-state index in [1.807, 2.05) is 18.2 Å². The average molecular weight is 379 g/mol. The molecule has 27 heavy (non-hydrogen) atoms. The minimum absolute atomic E-state index is 0.232. The van der Waals surface area contributed by atoms with Gasteiger partial charge in [0.2, 0.25) is 0 Å². The Balaban J connectivity index is 1.52. The van der Waals surface area contributed by atoms with Crippen LogP contribution >= 0.6 is 0 Å². The lowest BCUT2D eigenvalue weighted by Crippen LogP contribution is -2.39. The second-order valence-electron chi connectivity index (χ2n) is 6.68. The molecule has 1 N–H and O–H groups in total. The Bertz CT molecular complexity index is 1210. The summed E-state index contributed by atoms with van der Waals surface area (Å²) in [4.78, 5) is 4.11. The number of nitrogens with zero attached hydrogens (tertiary/aromatic N) is 2. The number of benzene rings is 2. The third kappa shape index (κ3) is 2.67. The quantitative estimate of drug-likeness (QED) is 0.589. The van der Waals surface area contributed by atoms with E-state index < -0.39 is 10.0 Å². The van der Waals surface area contributed by atoms with Crippen molar-refractivity contribution in [1.82, 2.24) is 14.3 Å². The Hall–Kier alpha value is -2.90. The minimum Gasteiger partial charge on any atom is -0.444 e. The molecule has 7 heteroatoms. The minimum atomic E-state index is -3.67. The van der Waals surface area contributed by atoms with Crippen LogP contribution in [0.15, 0.2) is 76.6 Å². The highest BCUT2D eigenvalue weighted by atomic mass is 32.2. The summed E-state index contributed by atoms with van der Waals surface area (Å²) in [6.45, 7) is 1.95. The van der Waals surface area contributed by atoms with E-state index in [0.717, 1.165) is 24.0 Å². The molecule has 0 bridgehead atoms. The van der Waals surface area contributed by atoms with Gasteiger partial charge in [0.25, 0.3) is 10.0 Å². The average Bonchev–Trinajstić information content (AvgIpc) is 3.30. The lowest BCUT2D eigenvalue weighted by Gasteiger charge is -2.27. The maximum absolute atomic E-state index is 13.1. The van der Waals surface area contributed by atoms with Gasteiger partial charge in [-0.2, -0.15) is 0 Å². The van der Waals surface area contributed by atoms with Crippen molar-refractivity contribution in [3.8, 4) is 11.3 Å². The van der Waals surface area contributed by atoms with Crippen molar-refractivity contribution < 1.29 is 12.8 Å². The second-order valence-corrected chi connectivity index (χ2v) is 8.50. The molecule has 1 saturated heterocycles. The van der Waals surface area contributed by atoms with Crippen molar-refractivity contribution in [2.45, 2.75) is 10.8 Å². The van der Waals surface area contributed by atoms with Crippen LogP contribution in [0.4, 0.5) is 0 Å². The number of nitrogens with one attached hydrogen (secondary N) is 1. The van der Waals surface area contributed by atoms with Gasteiger partial charge in [-0.15, -0.1) is 0 Å². The smallest absolute Gasteiger partial charge is 0.268 e. The van der Waals surface area contributed by atoms with Crippen molar-refractivity contribution in [2.75, 3.05) is 13.1 Å². The maximum atomic E-state index is 13.1. The zero-order chi connectivity index (χ0) is 18.4. The summed E-state index contributed by atoms with van der Waals surface area (Å²) >= 11 is 0. The van der Waals surface area contributed by atoms with Crippen molar-refractivity contribution >= 4 is 20.9 Å². The van der Waals surface area contributed by atoms with Crippen LogP contribution in [0.3, 0.4) is 0 Å². The summed E-state index contributed by atoms with van der Waals surface area (Å²) in [6, 6.07) is 14.5. The maximum Gasteiger partial charge on any atom is 0.268 e. The van der Waals surface area contributed by atoms with Crippen molar-refractivity contribution in [3.05, 3.63) is 72.9 Å². The largest absolute Gasteiger partial charge is 0.444 e. The van der Waals surface area contributed by atoms with Gasteiger partial charge in [0.15, 0.2) is 12.2 Å². The highest BCUT2D eigenvalue weighted by molar-refractivity contribution is 7.90. The monoisotopic (exact) mass is 379 g/mol. The number of rotatable bonds is 4. The van der Waals surface area contributed by atoms with Crippen molar-refractivity contribution in [3.63, 3.8) is 0 Å². The molecule has 0 aliphatic carbocycles. The topological polar surface area (TPSA) is 77.1 Å². The van der Waals surface area contributed by atoms with Crippen molar-refractivity contribution in [2.24, 2.45) is 0 Å². The summed E-state index contributed by atoms with van der Waals surface area (Å²) in [6.07, 6.45) is 4.56. The van der Waals surface area contributed by atoms with Crippen LogP contribution in [-0.4, -0.2) is 30.5 Å². The van der Waals surface area contributed by atoms with E-state index in [1.165, 1.54) is 15.9 Å². The Morgan fingerprint density at radius 3 is 2.56 bits per heavy atom. The van der Waals surface area contributed by atoms with E-state index in [1.54, 1.807) is 36.7 Å². The lowest BCUT2D eigenvalue weighted by atomic mass is 9.93. The molecule has 1 aliphatic rings. The Morgan fingerprint density at radius 2 is 1.89 bits per heavy atom. The van der Waals surface area contributed by atoms with Gasteiger partial charge in [-0.25, -0.2) is 17.4 Å². The SMILES string of the molecule is O=S(=O)(c1ccc(-c2cnco2)cc1)n1ccc2cc(C3CNC3)ccc21. The fourth-order valence-corrected chi connectivity index (χ4v) is 4.74. The molecule has 0 radical (unpaired) electrons. The summed E-state index contributed by atoms with van der Waals surface area (Å²) in [5.74, 6) is 1.11. The first kappa shape index (κ1) is 16.3. The molecule has 0 spiro atoms. The molecule has 1 aliphatic heterocycles. The molecule has 0 amide bonds. The van der Waals surface area contributed by atoms with Gasteiger partial charge >= 0.3 is 0 Å². The summed E-state index contributed by atoms with van der Waals surface area (Å²) in [5, 5.41) is 4.19. The molecule has 0 atom stereocenters. The molecule has 2 aromatic heterocycles. The van der Waals surface area contributed by atoms with Gasteiger partial charge in [-0.3, -0.25) is 0 Å². The third-order valence-corrected chi connectivity index (χ3v) is 6.76. The molecule has 2 aromatic carbocycles. The Morgan fingerprint density at radius 1 is 1.07 bits per heavy atom. The van der Waals surface area contributed by atoms with Crippen molar-refractivity contribution in [1.29, 1.82) is 0 Å². The fourth-order valence-electron chi connectivity index (χ4n) is 3.39. The molecule has 0 unspecified atom stereocenters. The Labute approximate surface area is 156 Å². The first-order valence-corrected chi connectivity index (χ1v) is 10.1. The molecule has 6 nitrogen and oxygen atoms in total. The van der Waals surface area contributed by atoms with E-state index in [4.69, 9.17) is 4.42 Å². The predicted molar refractivity (Wildman–Crippen MR) is 102 cm³/mol. The van der Waals surface area contributed by atoms with Gasteiger partial charge in [-0.1, -0.05) is 6.07 Å². The van der Waals surface area contributed by atoms with Crippen LogP contribution < -0.4 is 5.32 Å². The normalized spacial score (nSPS) is 15.1. The number of aromatic nitrogens is 2. The first-order chi connectivity index (χ1) is 13.1. The highest BCUT2D eigenvalue weighted by Crippen LogP contribution is 2.28. The van der Waals surface area contributed by atoms with E-state index in [9.17, 15) is 8.42 Å². The second kappa shape index (κ2) is 6.07.